The number of hydrogen-bond donors (Lipinski definition) is 2. The molecule has 0 radical (unpaired) electrons. The summed E-state index contributed by atoms with van der Waals surface area (Å²) < 4.78 is 25.7. The quantitative estimate of drug-likeness (QED) is 0.809. The lowest BCUT2D eigenvalue weighted by Crippen LogP contribution is -2.22. The van der Waals surface area contributed by atoms with Crippen molar-refractivity contribution < 1.29 is 13.9 Å². The Kier molecular flexibility index (Phi) is 3.63. The van der Waals surface area contributed by atoms with Crippen LogP contribution in [0.3, 0.4) is 0 Å². The standard InChI is InChI=1S/C11H15F2NO/c1-11(2,15)5-6-14-10-4-3-8(12)7-9(10)13/h3-4,7,14-15H,5-6H2,1-2H3. The van der Waals surface area contributed by atoms with Gasteiger partial charge >= 0.3 is 0 Å². The van der Waals surface area contributed by atoms with Crippen LogP contribution >= 0.6 is 0 Å². The Labute approximate surface area is 87.9 Å². The predicted molar refractivity (Wildman–Crippen MR) is 55.8 cm³/mol. The smallest absolute Gasteiger partial charge is 0.149 e. The zero-order valence-electron chi connectivity index (χ0n) is 8.85. The van der Waals surface area contributed by atoms with Gasteiger partial charge in [-0.2, -0.15) is 0 Å². The number of hydrogen-bond acceptors (Lipinski definition) is 2. The molecule has 1 aromatic carbocycles. The van der Waals surface area contributed by atoms with Gasteiger partial charge < -0.3 is 10.4 Å². The molecule has 0 fully saturated rings. The Morgan fingerprint density at radius 2 is 2.00 bits per heavy atom. The number of benzene rings is 1. The van der Waals surface area contributed by atoms with Crippen molar-refractivity contribution in [2.45, 2.75) is 25.9 Å². The summed E-state index contributed by atoms with van der Waals surface area (Å²) in [6.07, 6.45) is 0.490. The van der Waals surface area contributed by atoms with Gasteiger partial charge in [0.05, 0.1) is 11.3 Å². The molecule has 4 heteroatoms. The van der Waals surface area contributed by atoms with Gasteiger partial charge in [-0.3, -0.25) is 0 Å². The van der Waals surface area contributed by atoms with Crippen molar-refractivity contribution in [1.29, 1.82) is 0 Å². The number of halogens is 2. The van der Waals surface area contributed by atoms with Gasteiger partial charge in [-0.15, -0.1) is 0 Å². The molecule has 0 saturated carbocycles. The van der Waals surface area contributed by atoms with Crippen LogP contribution in [-0.2, 0) is 0 Å². The molecule has 1 rings (SSSR count). The molecule has 0 aliphatic carbocycles. The molecule has 0 atom stereocenters. The zero-order valence-corrected chi connectivity index (χ0v) is 8.85. The second kappa shape index (κ2) is 4.57. The van der Waals surface area contributed by atoms with E-state index in [0.29, 0.717) is 13.0 Å². The maximum atomic E-state index is 13.1. The molecule has 0 saturated heterocycles. The first-order valence-corrected chi connectivity index (χ1v) is 4.80. The molecule has 1 aromatic rings. The van der Waals surface area contributed by atoms with Gasteiger partial charge in [-0.25, -0.2) is 8.78 Å². The van der Waals surface area contributed by atoms with Gasteiger partial charge in [0.1, 0.15) is 11.6 Å². The monoisotopic (exact) mass is 215 g/mol. The van der Waals surface area contributed by atoms with Crippen molar-refractivity contribution in [3.63, 3.8) is 0 Å². The Morgan fingerprint density at radius 1 is 1.33 bits per heavy atom. The van der Waals surface area contributed by atoms with Crippen molar-refractivity contribution in [2.24, 2.45) is 0 Å². The normalized spacial score (nSPS) is 11.5. The average Bonchev–Trinajstić information content (AvgIpc) is 2.07. The summed E-state index contributed by atoms with van der Waals surface area (Å²) in [5.41, 5.74) is -0.538. The van der Waals surface area contributed by atoms with E-state index in [0.717, 1.165) is 6.07 Å². The van der Waals surface area contributed by atoms with E-state index in [9.17, 15) is 13.9 Å². The fourth-order valence-electron chi connectivity index (χ4n) is 1.14. The van der Waals surface area contributed by atoms with Crippen LogP contribution in [0.15, 0.2) is 18.2 Å². The Bertz CT molecular complexity index is 334. The number of aliphatic hydroxyl groups is 1. The van der Waals surface area contributed by atoms with Crippen LogP contribution < -0.4 is 5.32 Å². The van der Waals surface area contributed by atoms with Gasteiger partial charge in [0.25, 0.3) is 0 Å². The zero-order chi connectivity index (χ0) is 11.5. The van der Waals surface area contributed by atoms with Crippen molar-refractivity contribution in [3.05, 3.63) is 29.8 Å². The number of anilines is 1. The summed E-state index contributed by atoms with van der Waals surface area (Å²) in [6.45, 7) is 3.79. The van der Waals surface area contributed by atoms with Crippen molar-refractivity contribution in [2.75, 3.05) is 11.9 Å². The van der Waals surface area contributed by atoms with E-state index in [2.05, 4.69) is 5.32 Å². The molecule has 0 amide bonds. The van der Waals surface area contributed by atoms with Gasteiger partial charge in [0.15, 0.2) is 0 Å². The molecule has 0 aromatic heterocycles. The second-order valence-electron chi connectivity index (χ2n) is 4.11. The van der Waals surface area contributed by atoms with Crippen LogP contribution in [-0.4, -0.2) is 17.3 Å². The predicted octanol–water partition coefficient (Wildman–Crippen LogP) is 2.54. The first-order chi connectivity index (χ1) is 6.88. The minimum atomic E-state index is -0.788. The third-order valence-corrected chi connectivity index (χ3v) is 1.98. The Hall–Kier alpha value is -1.16. The van der Waals surface area contributed by atoms with Crippen molar-refractivity contribution in [1.82, 2.24) is 0 Å². The Balaban J connectivity index is 2.51. The molecule has 15 heavy (non-hydrogen) atoms. The molecule has 2 N–H and O–H groups in total. The molecular weight excluding hydrogens is 200 g/mol. The van der Waals surface area contributed by atoms with E-state index in [1.54, 1.807) is 13.8 Å². The summed E-state index contributed by atoms with van der Waals surface area (Å²) in [5.74, 6) is -1.22. The highest BCUT2D eigenvalue weighted by atomic mass is 19.1. The topological polar surface area (TPSA) is 32.3 Å². The largest absolute Gasteiger partial charge is 0.390 e. The van der Waals surface area contributed by atoms with Crippen LogP contribution in [0.2, 0.25) is 0 Å². The van der Waals surface area contributed by atoms with E-state index in [1.165, 1.54) is 12.1 Å². The molecule has 0 unspecified atom stereocenters. The lowest BCUT2D eigenvalue weighted by molar-refractivity contribution is 0.0748. The fourth-order valence-corrected chi connectivity index (χ4v) is 1.14. The third-order valence-electron chi connectivity index (χ3n) is 1.98. The van der Waals surface area contributed by atoms with Crippen molar-refractivity contribution >= 4 is 5.69 Å². The molecule has 2 nitrogen and oxygen atoms in total. The summed E-state index contributed by atoms with van der Waals surface area (Å²) in [6, 6.07) is 3.36. The summed E-state index contributed by atoms with van der Waals surface area (Å²) in [7, 11) is 0. The molecule has 0 heterocycles. The summed E-state index contributed by atoms with van der Waals surface area (Å²) in [5, 5.41) is 12.2. The minimum Gasteiger partial charge on any atom is -0.390 e. The minimum absolute atomic E-state index is 0.251. The van der Waals surface area contributed by atoms with Crippen molar-refractivity contribution in [3.8, 4) is 0 Å². The molecule has 84 valence electrons. The second-order valence-corrected chi connectivity index (χ2v) is 4.11. The first kappa shape index (κ1) is 11.9. The molecule has 0 spiro atoms. The maximum Gasteiger partial charge on any atom is 0.149 e. The van der Waals surface area contributed by atoms with Gasteiger partial charge in [0, 0.05) is 12.6 Å². The maximum absolute atomic E-state index is 13.1. The third kappa shape index (κ3) is 4.25. The highest BCUT2D eigenvalue weighted by molar-refractivity contribution is 5.44. The average molecular weight is 215 g/mol. The van der Waals surface area contributed by atoms with Gasteiger partial charge in [-0.05, 0) is 32.4 Å². The number of rotatable bonds is 4. The van der Waals surface area contributed by atoms with Crippen LogP contribution in [0.1, 0.15) is 20.3 Å². The van der Waals surface area contributed by atoms with E-state index < -0.39 is 17.2 Å². The van der Waals surface area contributed by atoms with Crippen LogP contribution in [0.5, 0.6) is 0 Å². The highest BCUT2D eigenvalue weighted by Crippen LogP contribution is 2.15. The first-order valence-electron chi connectivity index (χ1n) is 4.80. The van der Waals surface area contributed by atoms with Crippen LogP contribution in [0, 0.1) is 11.6 Å². The molecule has 0 aliphatic heterocycles. The van der Waals surface area contributed by atoms with Crippen LogP contribution in [0.4, 0.5) is 14.5 Å². The SMILES string of the molecule is CC(C)(O)CCNc1ccc(F)cc1F. The lowest BCUT2D eigenvalue weighted by atomic mass is 10.1. The lowest BCUT2D eigenvalue weighted by Gasteiger charge is -2.17. The fraction of sp³-hybridized carbons (Fsp3) is 0.455. The van der Waals surface area contributed by atoms with E-state index in [4.69, 9.17) is 0 Å². The molecule has 0 bridgehead atoms. The van der Waals surface area contributed by atoms with E-state index >= 15 is 0 Å². The molecular formula is C11H15F2NO. The molecule has 0 aliphatic rings. The highest BCUT2D eigenvalue weighted by Gasteiger charge is 2.12. The van der Waals surface area contributed by atoms with Gasteiger partial charge in [0.2, 0.25) is 0 Å². The number of nitrogens with one attached hydrogen (secondary N) is 1. The summed E-state index contributed by atoms with van der Waals surface area (Å²) in [4.78, 5) is 0. The van der Waals surface area contributed by atoms with E-state index in [-0.39, 0.29) is 5.69 Å². The van der Waals surface area contributed by atoms with Gasteiger partial charge in [-0.1, -0.05) is 0 Å². The Morgan fingerprint density at radius 3 is 2.53 bits per heavy atom. The van der Waals surface area contributed by atoms with E-state index in [1.807, 2.05) is 0 Å². The summed E-state index contributed by atoms with van der Waals surface area (Å²) >= 11 is 0. The van der Waals surface area contributed by atoms with Crippen LogP contribution in [0.25, 0.3) is 0 Å².